The van der Waals surface area contributed by atoms with Gasteiger partial charge in [-0.2, -0.15) is 10.1 Å². The molecule has 0 radical (unpaired) electrons. The van der Waals surface area contributed by atoms with Gasteiger partial charge in [-0.15, -0.1) is 0 Å². The first kappa shape index (κ1) is 16.5. The van der Waals surface area contributed by atoms with Gasteiger partial charge >= 0.3 is 0 Å². The number of β-amino-alcohol motifs (C(OH)–C–C–N with tert-alkyl or cyclic N) is 1. The van der Waals surface area contributed by atoms with E-state index in [9.17, 15) is 5.11 Å². The Morgan fingerprint density at radius 2 is 2.08 bits per heavy atom. The van der Waals surface area contributed by atoms with Gasteiger partial charge in [0.2, 0.25) is 5.95 Å². The summed E-state index contributed by atoms with van der Waals surface area (Å²) in [6.07, 6.45) is 3.25. The molecule has 0 aliphatic carbocycles. The maximum absolute atomic E-state index is 9.84. The third-order valence-electron chi connectivity index (χ3n) is 4.34. The Hall–Kier alpha value is -3.00. The largest absolute Gasteiger partial charge is 0.391 e. The van der Waals surface area contributed by atoms with E-state index < -0.39 is 0 Å². The lowest BCUT2D eigenvalue weighted by atomic mass is 10.1. The summed E-state index contributed by atoms with van der Waals surface area (Å²) in [6, 6.07) is 11.7. The minimum atomic E-state index is -0.291. The molecule has 26 heavy (non-hydrogen) atoms. The van der Waals surface area contributed by atoms with Gasteiger partial charge in [-0.1, -0.05) is 30.3 Å². The molecule has 3 aromatic rings. The topological polar surface area (TPSA) is 103 Å². The van der Waals surface area contributed by atoms with Gasteiger partial charge in [0, 0.05) is 24.8 Å². The van der Waals surface area contributed by atoms with Crippen LogP contribution in [0.15, 0.2) is 42.6 Å². The summed E-state index contributed by atoms with van der Waals surface area (Å²) in [5, 5.41) is 20.2. The van der Waals surface area contributed by atoms with Gasteiger partial charge < -0.3 is 15.3 Å². The highest BCUT2D eigenvalue weighted by Crippen LogP contribution is 2.19. The molecule has 1 aromatic carbocycles. The van der Waals surface area contributed by atoms with Crippen LogP contribution in [0, 0.1) is 0 Å². The average molecular weight is 351 g/mol. The van der Waals surface area contributed by atoms with E-state index in [1.165, 1.54) is 0 Å². The van der Waals surface area contributed by atoms with Crippen molar-refractivity contribution in [2.45, 2.75) is 25.5 Å². The van der Waals surface area contributed by atoms with Crippen molar-refractivity contribution in [2.24, 2.45) is 0 Å². The van der Waals surface area contributed by atoms with E-state index >= 15 is 0 Å². The smallest absolute Gasteiger partial charge is 0.224 e. The summed E-state index contributed by atoms with van der Waals surface area (Å²) in [5.41, 5.74) is 0.969. The lowest BCUT2D eigenvalue weighted by molar-refractivity contribution is 0.154. The molecule has 0 unspecified atom stereocenters. The number of benzene rings is 1. The molecule has 134 valence electrons. The number of piperidine rings is 1. The predicted molar refractivity (Wildman–Crippen MR) is 98.6 cm³/mol. The van der Waals surface area contributed by atoms with E-state index in [1.807, 2.05) is 36.4 Å². The van der Waals surface area contributed by atoms with E-state index in [4.69, 9.17) is 0 Å². The van der Waals surface area contributed by atoms with Crippen molar-refractivity contribution in [3.8, 4) is 11.4 Å². The molecular weight excluding hydrogens is 330 g/mol. The zero-order valence-electron chi connectivity index (χ0n) is 14.3. The first-order valence-electron chi connectivity index (χ1n) is 8.74. The Bertz CT molecular complexity index is 852. The maximum Gasteiger partial charge on any atom is 0.224 e. The van der Waals surface area contributed by atoms with Gasteiger partial charge in [-0.25, -0.2) is 9.97 Å². The van der Waals surface area contributed by atoms with Crippen LogP contribution in [-0.2, 0) is 6.54 Å². The molecule has 1 aliphatic heterocycles. The SMILES string of the molecule is O[C@H]1CCCN(c2ccnc(NCc3nc(-c4ccccc4)n[nH]3)n2)C1. The van der Waals surface area contributed by atoms with Crippen LogP contribution in [0.5, 0.6) is 0 Å². The van der Waals surface area contributed by atoms with E-state index in [2.05, 4.69) is 35.4 Å². The van der Waals surface area contributed by atoms with Crippen molar-refractivity contribution in [2.75, 3.05) is 23.3 Å². The molecule has 0 bridgehead atoms. The number of nitrogens with one attached hydrogen (secondary N) is 2. The molecule has 0 saturated carbocycles. The van der Waals surface area contributed by atoms with Gasteiger partial charge in [-0.3, -0.25) is 5.10 Å². The first-order chi connectivity index (χ1) is 12.8. The van der Waals surface area contributed by atoms with E-state index in [-0.39, 0.29) is 6.10 Å². The van der Waals surface area contributed by atoms with Gasteiger partial charge in [-0.05, 0) is 18.9 Å². The van der Waals surface area contributed by atoms with Crippen molar-refractivity contribution in [3.05, 3.63) is 48.4 Å². The number of anilines is 2. The lowest BCUT2D eigenvalue weighted by Gasteiger charge is -2.31. The van der Waals surface area contributed by atoms with E-state index in [0.29, 0.717) is 30.7 Å². The fourth-order valence-corrected chi connectivity index (χ4v) is 3.03. The Balaban J connectivity index is 1.41. The highest BCUT2D eigenvalue weighted by atomic mass is 16.3. The van der Waals surface area contributed by atoms with Crippen molar-refractivity contribution < 1.29 is 5.11 Å². The molecule has 8 nitrogen and oxygen atoms in total. The zero-order chi connectivity index (χ0) is 17.8. The van der Waals surface area contributed by atoms with Crippen molar-refractivity contribution in [3.63, 3.8) is 0 Å². The number of hydrogen-bond donors (Lipinski definition) is 3. The normalized spacial score (nSPS) is 17.3. The van der Waals surface area contributed by atoms with Crippen LogP contribution in [0.25, 0.3) is 11.4 Å². The number of rotatable bonds is 5. The molecule has 1 aliphatic rings. The Morgan fingerprint density at radius 1 is 1.19 bits per heavy atom. The molecule has 2 aromatic heterocycles. The monoisotopic (exact) mass is 351 g/mol. The fourth-order valence-electron chi connectivity index (χ4n) is 3.03. The second-order valence-corrected chi connectivity index (χ2v) is 6.31. The number of hydrogen-bond acceptors (Lipinski definition) is 7. The van der Waals surface area contributed by atoms with Crippen LogP contribution in [0.2, 0.25) is 0 Å². The molecule has 0 amide bonds. The molecule has 1 saturated heterocycles. The lowest BCUT2D eigenvalue weighted by Crippen LogP contribution is -2.38. The Kier molecular flexibility index (Phi) is 4.74. The third-order valence-corrected chi connectivity index (χ3v) is 4.34. The molecule has 4 rings (SSSR count). The zero-order valence-corrected chi connectivity index (χ0v) is 14.3. The molecule has 1 atom stereocenters. The number of aromatic nitrogens is 5. The quantitative estimate of drug-likeness (QED) is 0.644. The van der Waals surface area contributed by atoms with Gasteiger partial charge in [0.25, 0.3) is 0 Å². The van der Waals surface area contributed by atoms with Crippen LogP contribution < -0.4 is 10.2 Å². The summed E-state index contributed by atoms with van der Waals surface area (Å²) in [6.45, 7) is 1.96. The number of nitrogens with zero attached hydrogens (tertiary/aromatic N) is 5. The second kappa shape index (κ2) is 7.49. The van der Waals surface area contributed by atoms with Gasteiger partial charge in [0.15, 0.2) is 5.82 Å². The Morgan fingerprint density at radius 3 is 2.92 bits per heavy atom. The van der Waals surface area contributed by atoms with Crippen molar-refractivity contribution >= 4 is 11.8 Å². The first-order valence-corrected chi connectivity index (χ1v) is 8.74. The summed E-state index contributed by atoms with van der Waals surface area (Å²) >= 11 is 0. The fraction of sp³-hybridized carbons (Fsp3) is 0.333. The van der Waals surface area contributed by atoms with Crippen LogP contribution >= 0.6 is 0 Å². The van der Waals surface area contributed by atoms with Gasteiger partial charge in [0.05, 0.1) is 12.6 Å². The van der Waals surface area contributed by atoms with Crippen LogP contribution in [0.1, 0.15) is 18.7 Å². The predicted octanol–water partition coefficient (Wildman–Crippen LogP) is 1.83. The summed E-state index contributed by atoms with van der Waals surface area (Å²) in [4.78, 5) is 15.4. The van der Waals surface area contributed by atoms with Crippen LogP contribution in [0.4, 0.5) is 11.8 Å². The molecular formula is C18H21N7O. The van der Waals surface area contributed by atoms with Crippen LogP contribution in [0.3, 0.4) is 0 Å². The minimum Gasteiger partial charge on any atom is -0.391 e. The summed E-state index contributed by atoms with van der Waals surface area (Å²) in [5.74, 6) is 2.73. The van der Waals surface area contributed by atoms with E-state index in [0.717, 1.165) is 30.8 Å². The highest BCUT2D eigenvalue weighted by molar-refractivity contribution is 5.54. The standard InChI is InChI=1S/C18H21N7O/c26-14-7-4-10-25(12-14)16-8-9-19-18(22-16)20-11-15-21-17(24-23-15)13-5-2-1-3-6-13/h1-3,5-6,8-9,14,26H,4,7,10-12H2,(H,19,20,22)(H,21,23,24)/t14-/m0/s1. The highest BCUT2D eigenvalue weighted by Gasteiger charge is 2.19. The van der Waals surface area contributed by atoms with E-state index in [1.54, 1.807) is 6.20 Å². The number of H-pyrrole nitrogens is 1. The Labute approximate surface area is 151 Å². The minimum absolute atomic E-state index is 0.291. The second-order valence-electron chi connectivity index (χ2n) is 6.31. The number of aliphatic hydroxyl groups is 1. The van der Waals surface area contributed by atoms with Crippen LogP contribution in [-0.4, -0.2) is 49.4 Å². The third kappa shape index (κ3) is 3.80. The molecule has 8 heteroatoms. The van der Waals surface area contributed by atoms with Crippen molar-refractivity contribution in [1.82, 2.24) is 25.1 Å². The summed E-state index contributed by atoms with van der Waals surface area (Å²) in [7, 11) is 0. The molecule has 3 heterocycles. The number of aliphatic hydroxyl groups excluding tert-OH is 1. The molecule has 1 fully saturated rings. The molecule has 3 N–H and O–H groups in total. The summed E-state index contributed by atoms with van der Waals surface area (Å²) < 4.78 is 0. The maximum atomic E-state index is 9.84. The van der Waals surface area contributed by atoms with Gasteiger partial charge in [0.1, 0.15) is 11.6 Å². The average Bonchev–Trinajstić information content (AvgIpc) is 3.16. The number of aromatic amines is 1. The van der Waals surface area contributed by atoms with Crippen molar-refractivity contribution in [1.29, 1.82) is 0 Å². The molecule has 0 spiro atoms.